The highest BCUT2D eigenvalue weighted by Crippen LogP contribution is 2.44. The number of aromatic nitrogens is 2. The lowest BCUT2D eigenvalue weighted by Crippen LogP contribution is -2.29. The Kier molecular flexibility index (Phi) is 9.73. The van der Waals surface area contributed by atoms with Crippen LogP contribution < -0.4 is 9.64 Å². The van der Waals surface area contributed by atoms with Crippen molar-refractivity contribution < 1.29 is 19.4 Å². The van der Waals surface area contributed by atoms with E-state index in [0.717, 1.165) is 22.3 Å². The van der Waals surface area contributed by atoms with Crippen molar-refractivity contribution in [1.29, 1.82) is 0 Å². The van der Waals surface area contributed by atoms with Crippen molar-refractivity contribution in [1.82, 2.24) is 10.2 Å². The fourth-order valence-electron chi connectivity index (χ4n) is 5.46. The summed E-state index contributed by atoms with van der Waals surface area (Å²) in [6, 6.07) is 29.3. The zero-order valence-corrected chi connectivity index (χ0v) is 29.3. The number of hydrogen-bond acceptors (Lipinski definition) is 8. The first kappa shape index (κ1) is 33.5. The number of hydrogen-bond donors (Lipinski definition) is 1. The van der Waals surface area contributed by atoms with E-state index in [2.05, 4.69) is 37.0 Å². The fourth-order valence-corrected chi connectivity index (χ4v) is 7.61. The number of benzene rings is 4. The minimum absolute atomic E-state index is 0.0163. The molecule has 0 spiro atoms. The smallest absolute Gasteiger partial charge is 0.301 e. The Morgan fingerprint density at radius 3 is 2.38 bits per heavy atom. The molecule has 1 aliphatic heterocycles. The van der Waals surface area contributed by atoms with E-state index in [1.54, 1.807) is 24.3 Å². The van der Waals surface area contributed by atoms with Crippen LogP contribution in [0.3, 0.4) is 0 Å². The topological polar surface area (TPSA) is 92.6 Å². The van der Waals surface area contributed by atoms with Crippen molar-refractivity contribution in [3.05, 3.63) is 141 Å². The Balaban J connectivity index is 1.33. The van der Waals surface area contributed by atoms with Crippen molar-refractivity contribution in [2.75, 3.05) is 4.90 Å². The first-order valence-corrected chi connectivity index (χ1v) is 17.6. The molecular formula is C38H34ClN3O4S2. The third kappa shape index (κ3) is 7.18. The van der Waals surface area contributed by atoms with Gasteiger partial charge in [-0.1, -0.05) is 128 Å². The predicted octanol–water partition coefficient (Wildman–Crippen LogP) is 9.30. The molecule has 244 valence electrons. The van der Waals surface area contributed by atoms with Gasteiger partial charge >= 0.3 is 5.91 Å². The highest BCUT2D eigenvalue weighted by Gasteiger charge is 2.48. The Bertz CT molecular complexity index is 2000. The van der Waals surface area contributed by atoms with Gasteiger partial charge in [0, 0.05) is 16.3 Å². The number of aliphatic hydroxyl groups is 1. The molecule has 0 aliphatic carbocycles. The van der Waals surface area contributed by atoms with Gasteiger partial charge in [-0.3, -0.25) is 14.5 Å². The summed E-state index contributed by atoms with van der Waals surface area (Å²) in [5, 5.41) is 21.2. The fraction of sp³-hybridized carbons (Fsp3) is 0.211. The minimum atomic E-state index is -0.911. The summed E-state index contributed by atoms with van der Waals surface area (Å²) in [5.41, 5.74) is 5.18. The van der Waals surface area contributed by atoms with E-state index in [-0.39, 0.29) is 21.9 Å². The molecule has 1 unspecified atom stereocenters. The van der Waals surface area contributed by atoms with Crippen LogP contribution in [0.2, 0.25) is 5.02 Å². The summed E-state index contributed by atoms with van der Waals surface area (Å²) in [6.45, 7) is 8.77. The van der Waals surface area contributed by atoms with Gasteiger partial charge in [0.05, 0.1) is 11.6 Å². The van der Waals surface area contributed by atoms with Crippen molar-refractivity contribution in [2.24, 2.45) is 0 Å². The second-order valence-electron chi connectivity index (χ2n) is 12.6. The number of thioether (sulfide) groups is 1. The van der Waals surface area contributed by atoms with Crippen molar-refractivity contribution in [2.45, 2.75) is 55.9 Å². The molecule has 6 rings (SSSR count). The zero-order chi connectivity index (χ0) is 34.0. The van der Waals surface area contributed by atoms with E-state index in [9.17, 15) is 14.7 Å². The monoisotopic (exact) mass is 695 g/mol. The molecule has 10 heteroatoms. The number of ketones is 1. The standard InChI is InChI=1S/C38H34ClN3O4S2/c1-23-8-7-9-24(20-23)21-46-29-18-14-26(15-19-29)33(43)31-32(25-12-16-28(17-13-25)38(2,3)4)42(35(45)34(31)44)36-40-41-37(48-36)47-22-27-10-5-6-11-30(27)39/h5-20,32,43H,21-22H2,1-4H3/b33-31+. The number of Topliss-reactive ketones (excluding diaryl/α,β-unsaturated/α-hetero) is 1. The number of aryl methyl sites for hydroxylation is 1. The van der Waals surface area contributed by atoms with Gasteiger partial charge in [-0.15, -0.1) is 10.2 Å². The predicted molar refractivity (Wildman–Crippen MR) is 193 cm³/mol. The summed E-state index contributed by atoms with van der Waals surface area (Å²) in [7, 11) is 0. The molecule has 48 heavy (non-hydrogen) atoms. The maximum atomic E-state index is 13.7. The molecule has 1 aliphatic rings. The lowest BCUT2D eigenvalue weighted by Gasteiger charge is -2.24. The zero-order valence-electron chi connectivity index (χ0n) is 26.9. The number of ether oxygens (including phenoxy) is 1. The number of anilines is 1. The lowest BCUT2D eigenvalue weighted by atomic mass is 9.85. The molecule has 1 amide bonds. The molecular weight excluding hydrogens is 662 g/mol. The van der Waals surface area contributed by atoms with Crippen LogP contribution in [-0.2, 0) is 27.4 Å². The average molecular weight is 696 g/mol. The third-order valence-corrected chi connectivity index (χ3v) is 10.5. The minimum Gasteiger partial charge on any atom is -0.507 e. The first-order chi connectivity index (χ1) is 23.0. The highest BCUT2D eigenvalue weighted by molar-refractivity contribution is 8.00. The Morgan fingerprint density at radius 1 is 0.958 bits per heavy atom. The Morgan fingerprint density at radius 2 is 1.69 bits per heavy atom. The van der Waals surface area contributed by atoms with Gasteiger partial charge in [-0.2, -0.15) is 0 Å². The molecule has 1 aromatic heterocycles. The third-order valence-electron chi connectivity index (χ3n) is 8.06. The van der Waals surface area contributed by atoms with E-state index in [4.69, 9.17) is 16.3 Å². The molecule has 0 radical (unpaired) electrons. The number of nitrogens with zero attached hydrogens (tertiary/aromatic N) is 3. The van der Waals surface area contributed by atoms with E-state index in [1.165, 1.54) is 28.0 Å². The number of halogens is 1. The van der Waals surface area contributed by atoms with Gasteiger partial charge < -0.3 is 9.84 Å². The van der Waals surface area contributed by atoms with Gasteiger partial charge in [-0.25, -0.2) is 0 Å². The second kappa shape index (κ2) is 14.0. The van der Waals surface area contributed by atoms with Crippen LogP contribution in [0.1, 0.15) is 60.2 Å². The number of carbonyl (C=O) groups is 2. The number of aliphatic hydroxyl groups excluding tert-OH is 1. The van der Waals surface area contributed by atoms with Crippen molar-refractivity contribution in [3.8, 4) is 5.75 Å². The average Bonchev–Trinajstić information content (AvgIpc) is 3.64. The van der Waals surface area contributed by atoms with Gasteiger partial charge in [0.15, 0.2) is 4.34 Å². The molecule has 1 N–H and O–H groups in total. The SMILES string of the molecule is Cc1cccc(COc2ccc(/C(O)=C3\C(=O)C(=O)N(c4nnc(SCc5ccccc5Cl)s4)C3c3ccc(C(C)(C)C)cc3)cc2)c1. The summed E-state index contributed by atoms with van der Waals surface area (Å²) in [4.78, 5) is 28.8. The van der Waals surface area contributed by atoms with Gasteiger partial charge in [-0.05, 0) is 64.9 Å². The summed E-state index contributed by atoms with van der Waals surface area (Å²) >= 11 is 9.00. The highest BCUT2D eigenvalue weighted by atomic mass is 35.5. The molecule has 5 aromatic rings. The van der Waals surface area contributed by atoms with Gasteiger partial charge in [0.2, 0.25) is 5.13 Å². The molecule has 1 saturated heterocycles. The molecule has 4 aromatic carbocycles. The quantitative estimate of drug-likeness (QED) is 0.0540. The van der Waals surface area contributed by atoms with Crippen LogP contribution in [0, 0.1) is 6.92 Å². The lowest BCUT2D eigenvalue weighted by molar-refractivity contribution is -0.132. The maximum absolute atomic E-state index is 13.7. The van der Waals surface area contributed by atoms with E-state index >= 15 is 0 Å². The maximum Gasteiger partial charge on any atom is 0.301 e. The Labute approximate surface area is 293 Å². The van der Waals surface area contributed by atoms with Crippen molar-refractivity contribution in [3.63, 3.8) is 0 Å². The number of amides is 1. The van der Waals surface area contributed by atoms with Crippen LogP contribution in [0.15, 0.2) is 107 Å². The normalized spacial score (nSPS) is 16.0. The Hall–Kier alpha value is -4.44. The number of rotatable bonds is 9. The van der Waals surface area contributed by atoms with Gasteiger partial charge in [0.1, 0.15) is 18.1 Å². The summed E-state index contributed by atoms with van der Waals surface area (Å²) < 4.78 is 6.58. The molecule has 2 heterocycles. The van der Waals surface area contributed by atoms with E-state index in [1.807, 2.05) is 73.7 Å². The number of carbonyl (C=O) groups excluding carboxylic acids is 2. The molecule has 0 bridgehead atoms. The van der Waals surface area contributed by atoms with Gasteiger partial charge in [0.25, 0.3) is 5.78 Å². The van der Waals surface area contributed by atoms with Crippen LogP contribution in [0.4, 0.5) is 5.13 Å². The largest absolute Gasteiger partial charge is 0.507 e. The molecule has 1 atom stereocenters. The second-order valence-corrected chi connectivity index (χ2v) is 15.2. The molecule has 1 fully saturated rings. The molecule has 0 saturated carbocycles. The van der Waals surface area contributed by atoms with E-state index in [0.29, 0.717) is 38.6 Å². The molecule has 7 nitrogen and oxygen atoms in total. The van der Waals surface area contributed by atoms with Crippen LogP contribution in [-0.4, -0.2) is 27.0 Å². The van der Waals surface area contributed by atoms with Crippen LogP contribution in [0.25, 0.3) is 5.76 Å². The summed E-state index contributed by atoms with van der Waals surface area (Å²) in [6.07, 6.45) is 0. The van der Waals surface area contributed by atoms with Crippen molar-refractivity contribution >= 4 is 57.3 Å². The van der Waals surface area contributed by atoms with Crippen LogP contribution >= 0.6 is 34.7 Å². The first-order valence-electron chi connectivity index (χ1n) is 15.4. The summed E-state index contributed by atoms with van der Waals surface area (Å²) in [5.74, 6) is -0.673. The van der Waals surface area contributed by atoms with E-state index < -0.39 is 17.7 Å². The van der Waals surface area contributed by atoms with Crippen LogP contribution in [0.5, 0.6) is 5.75 Å².